The SMILES string of the molecule is Cc1ccc2c(c1)N(C(=O)OC(C)(C)C)N(C(=O)OC(C)(C)C)C(c1ccc(-c3ccccc3)cc1)=N2. The Balaban J connectivity index is 1.87. The molecule has 2 amide bonds. The summed E-state index contributed by atoms with van der Waals surface area (Å²) in [5.41, 5.74) is 3.03. The number of hydrogen-bond acceptors (Lipinski definition) is 5. The van der Waals surface area contributed by atoms with Crippen LogP contribution in [0, 0.1) is 6.92 Å². The highest BCUT2D eigenvalue weighted by molar-refractivity contribution is 6.14. The molecule has 0 spiro atoms. The lowest BCUT2D eigenvalue weighted by Crippen LogP contribution is -2.57. The van der Waals surface area contributed by atoms with E-state index in [1.54, 1.807) is 47.6 Å². The molecule has 7 nitrogen and oxygen atoms in total. The number of carbonyl (C=O) groups is 2. The number of nitrogens with zero attached hydrogens (tertiary/aromatic N) is 3. The van der Waals surface area contributed by atoms with E-state index in [4.69, 9.17) is 14.5 Å². The van der Waals surface area contributed by atoms with Crippen molar-refractivity contribution in [1.29, 1.82) is 0 Å². The zero-order valence-corrected chi connectivity index (χ0v) is 22.4. The standard InChI is InChI=1S/C30H33N3O4/c1-20-13-18-24-25(19-20)32(27(34)36-29(2,3)4)33(28(35)37-30(5,6)7)26(31-24)23-16-14-22(15-17-23)21-11-9-8-10-12-21/h8-19H,1-7H3. The Kier molecular flexibility index (Phi) is 6.82. The van der Waals surface area contributed by atoms with Crippen molar-refractivity contribution in [1.82, 2.24) is 5.01 Å². The quantitative estimate of drug-likeness (QED) is 0.363. The third-order valence-corrected chi connectivity index (χ3v) is 5.37. The molecule has 3 aromatic carbocycles. The van der Waals surface area contributed by atoms with Gasteiger partial charge in [-0.05, 0) is 77.3 Å². The lowest BCUT2D eigenvalue weighted by molar-refractivity contribution is 0.0256. The van der Waals surface area contributed by atoms with Crippen LogP contribution in [0.2, 0.25) is 0 Å². The number of rotatable bonds is 2. The Labute approximate surface area is 218 Å². The van der Waals surface area contributed by atoms with Crippen LogP contribution >= 0.6 is 0 Å². The van der Waals surface area contributed by atoms with Crippen molar-refractivity contribution in [3.8, 4) is 11.1 Å². The molecule has 192 valence electrons. The fourth-order valence-corrected chi connectivity index (χ4v) is 3.85. The van der Waals surface area contributed by atoms with Gasteiger partial charge in [0.25, 0.3) is 0 Å². The number of amides is 2. The second-order valence-electron chi connectivity index (χ2n) is 11.0. The van der Waals surface area contributed by atoms with Crippen LogP contribution in [0.5, 0.6) is 0 Å². The van der Waals surface area contributed by atoms with Gasteiger partial charge in [-0.2, -0.15) is 10.0 Å². The van der Waals surface area contributed by atoms with Gasteiger partial charge in [-0.15, -0.1) is 0 Å². The first kappa shape index (κ1) is 25.9. The zero-order chi connectivity index (χ0) is 27.0. The van der Waals surface area contributed by atoms with Crippen molar-refractivity contribution >= 4 is 29.4 Å². The molecule has 4 rings (SSSR count). The summed E-state index contributed by atoms with van der Waals surface area (Å²) in [5.74, 6) is 0.260. The molecule has 0 radical (unpaired) electrons. The fraction of sp³-hybridized carbons (Fsp3) is 0.300. The van der Waals surface area contributed by atoms with E-state index in [2.05, 4.69) is 0 Å². The maximum atomic E-state index is 13.6. The molecule has 0 bridgehead atoms. The van der Waals surface area contributed by atoms with Gasteiger partial charge < -0.3 is 9.47 Å². The number of aryl methyl sites for hydroxylation is 1. The summed E-state index contributed by atoms with van der Waals surface area (Å²) in [6.07, 6.45) is -1.45. The molecule has 0 atom stereocenters. The van der Waals surface area contributed by atoms with Crippen LogP contribution in [0.15, 0.2) is 77.8 Å². The van der Waals surface area contributed by atoms with Crippen molar-refractivity contribution in [2.75, 3.05) is 5.01 Å². The summed E-state index contributed by atoms with van der Waals surface area (Å²) in [7, 11) is 0. The van der Waals surface area contributed by atoms with Crippen molar-refractivity contribution in [3.05, 3.63) is 83.9 Å². The van der Waals surface area contributed by atoms with Gasteiger partial charge in [-0.25, -0.2) is 14.6 Å². The molecule has 37 heavy (non-hydrogen) atoms. The molecule has 3 aromatic rings. The zero-order valence-electron chi connectivity index (χ0n) is 22.4. The second-order valence-corrected chi connectivity index (χ2v) is 11.0. The van der Waals surface area contributed by atoms with Gasteiger partial charge in [0.2, 0.25) is 0 Å². The van der Waals surface area contributed by atoms with Crippen LogP contribution in [0.3, 0.4) is 0 Å². The van der Waals surface area contributed by atoms with Gasteiger partial charge in [0.05, 0.1) is 11.4 Å². The molecule has 0 N–H and O–H groups in total. The minimum Gasteiger partial charge on any atom is -0.442 e. The van der Waals surface area contributed by atoms with Crippen molar-refractivity contribution in [3.63, 3.8) is 0 Å². The summed E-state index contributed by atoms with van der Waals surface area (Å²) < 4.78 is 11.5. The van der Waals surface area contributed by atoms with Crippen LogP contribution in [0.25, 0.3) is 11.1 Å². The van der Waals surface area contributed by atoms with Crippen molar-refractivity contribution < 1.29 is 19.1 Å². The van der Waals surface area contributed by atoms with Crippen LogP contribution in [-0.4, -0.2) is 34.2 Å². The van der Waals surface area contributed by atoms with Crippen LogP contribution in [0.4, 0.5) is 21.0 Å². The number of carbonyl (C=O) groups excluding carboxylic acids is 2. The summed E-state index contributed by atoms with van der Waals surface area (Å²) in [5, 5.41) is 2.38. The number of amidine groups is 1. The van der Waals surface area contributed by atoms with E-state index in [-0.39, 0.29) is 5.84 Å². The maximum absolute atomic E-state index is 13.6. The third-order valence-electron chi connectivity index (χ3n) is 5.37. The lowest BCUT2D eigenvalue weighted by atomic mass is 10.0. The number of aliphatic imine (C=N–C) groups is 1. The summed E-state index contributed by atoms with van der Waals surface area (Å²) >= 11 is 0. The van der Waals surface area contributed by atoms with E-state index in [0.717, 1.165) is 16.7 Å². The first-order valence-corrected chi connectivity index (χ1v) is 12.2. The lowest BCUT2D eigenvalue weighted by Gasteiger charge is -2.39. The Morgan fingerprint density at radius 3 is 1.76 bits per heavy atom. The Morgan fingerprint density at radius 1 is 0.676 bits per heavy atom. The molecular weight excluding hydrogens is 466 g/mol. The first-order chi connectivity index (χ1) is 17.3. The number of hydrazine groups is 1. The predicted octanol–water partition coefficient (Wildman–Crippen LogP) is 7.65. The molecule has 7 heteroatoms. The molecule has 1 aliphatic heterocycles. The molecule has 1 heterocycles. The van der Waals surface area contributed by atoms with Gasteiger partial charge in [0.1, 0.15) is 11.2 Å². The van der Waals surface area contributed by atoms with Gasteiger partial charge >= 0.3 is 12.2 Å². The van der Waals surface area contributed by atoms with Crippen LogP contribution in [0.1, 0.15) is 52.7 Å². The average molecular weight is 500 g/mol. The molecule has 0 fully saturated rings. The number of benzene rings is 3. The second kappa shape index (κ2) is 9.73. The normalized spacial score (nSPS) is 13.5. The smallest absolute Gasteiger partial charge is 0.436 e. The van der Waals surface area contributed by atoms with Crippen LogP contribution in [-0.2, 0) is 9.47 Å². The average Bonchev–Trinajstić information content (AvgIpc) is 2.81. The number of ether oxygens (including phenoxy) is 2. The van der Waals surface area contributed by atoms with Gasteiger partial charge in [-0.3, -0.25) is 0 Å². The number of hydrogen-bond donors (Lipinski definition) is 0. The van der Waals surface area contributed by atoms with E-state index >= 15 is 0 Å². The van der Waals surface area contributed by atoms with E-state index in [9.17, 15) is 9.59 Å². The number of anilines is 1. The summed E-state index contributed by atoms with van der Waals surface area (Å²) in [6.45, 7) is 12.6. The third kappa shape index (κ3) is 6.00. The molecule has 0 saturated carbocycles. The first-order valence-electron chi connectivity index (χ1n) is 12.2. The molecule has 1 aliphatic rings. The molecular formula is C30H33N3O4. The van der Waals surface area contributed by atoms with Crippen molar-refractivity contribution in [2.45, 2.75) is 59.7 Å². The van der Waals surface area contributed by atoms with Gasteiger partial charge in [0, 0.05) is 5.56 Å². The molecule has 0 saturated heterocycles. The predicted molar refractivity (Wildman–Crippen MR) is 146 cm³/mol. The largest absolute Gasteiger partial charge is 0.442 e. The molecule has 0 unspecified atom stereocenters. The molecule has 0 aromatic heterocycles. The van der Waals surface area contributed by atoms with E-state index in [1.165, 1.54) is 10.0 Å². The van der Waals surface area contributed by atoms with E-state index < -0.39 is 23.4 Å². The topological polar surface area (TPSA) is 71.4 Å². The van der Waals surface area contributed by atoms with E-state index in [1.807, 2.05) is 73.7 Å². The minimum atomic E-state index is -0.800. The van der Waals surface area contributed by atoms with Crippen molar-refractivity contribution in [2.24, 2.45) is 4.99 Å². The Bertz CT molecular complexity index is 1330. The minimum absolute atomic E-state index is 0.260. The van der Waals surface area contributed by atoms with Crippen LogP contribution < -0.4 is 5.01 Å². The Hall–Kier alpha value is -4.13. The fourth-order valence-electron chi connectivity index (χ4n) is 3.85. The van der Waals surface area contributed by atoms with E-state index in [0.29, 0.717) is 16.9 Å². The highest BCUT2D eigenvalue weighted by Gasteiger charge is 2.41. The highest BCUT2D eigenvalue weighted by atomic mass is 16.6. The summed E-state index contributed by atoms with van der Waals surface area (Å²) in [6, 6.07) is 23.2. The van der Waals surface area contributed by atoms with Gasteiger partial charge in [-0.1, -0.05) is 60.7 Å². The number of fused-ring (bicyclic) bond motifs is 1. The monoisotopic (exact) mass is 499 g/mol. The van der Waals surface area contributed by atoms with Gasteiger partial charge in [0.15, 0.2) is 5.84 Å². The highest BCUT2D eigenvalue weighted by Crippen LogP contribution is 2.38. The molecule has 0 aliphatic carbocycles. The Morgan fingerprint density at radius 2 is 1.19 bits per heavy atom. The summed E-state index contributed by atoms with van der Waals surface area (Å²) in [4.78, 5) is 32.0. The maximum Gasteiger partial charge on any atom is 0.436 e.